The number of hydrogen-bond donors (Lipinski definition) is 1. The van der Waals surface area contributed by atoms with Crippen LogP contribution in [-0.4, -0.2) is 37.0 Å². The van der Waals surface area contributed by atoms with E-state index < -0.39 is 0 Å². The van der Waals surface area contributed by atoms with Crippen LogP contribution in [0.5, 0.6) is 5.75 Å². The normalized spacial score (nSPS) is 22.1. The van der Waals surface area contributed by atoms with Gasteiger partial charge in [-0.1, -0.05) is 12.1 Å². The predicted octanol–water partition coefficient (Wildman–Crippen LogP) is 1.82. The number of hydrogen-bond acceptors (Lipinski definition) is 3. The topological polar surface area (TPSA) is 55.6 Å². The van der Waals surface area contributed by atoms with Gasteiger partial charge in [0.05, 0.1) is 7.11 Å². The third-order valence-electron chi connectivity index (χ3n) is 4.10. The number of carbonyl (C=O) groups excluding carboxylic acids is 1. The molecule has 1 heterocycles. The van der Waals surface area contributed by atoms with Crippen LogP contribution < -0.4 is 10.5 Å². The van der Waals surface area contributed by atoms with Crippen molar-refractivity contribution in [2.75, 3.05) is 20.2 Å². The average Bonchev–Trinajstić information content (AvgIpc) is 2.86. The molecule has 20 heavy (non-hydrogen) atoms. The van der Waals surface area contributed by atoms with Gasteiger partial charge in [-0.15, -0.1) is 0 Å². The maximum absolute atomic E-state index is 12.3. The highest BCUT2D eigenvalue weighted by Crippen LogP contribution is 2.23. The number of ether oxygens (including phenoxy) is 1. The summed E-state index contributed by atoms with van der Waals surface area (Å²) in [6.07, 6.45) is 2.37. The van der Waals surface area contributed by atoms with Crippen LogP contribution in [0.15, 0.2) is 24.3 Å². The van der Waals surface area contributed by atoms with Gasteiger partial charge in [0.1, 0.15) is 5.75 Å². The molecule has 4 nitrogen and oxygen atoms in total. The number of amides is 1. The number of rotatable bonds is 5. The fraction of sp³-hybridized carbons (Fsp3) is 0.562. The molecule has 1 aromatic carbocycles. The molecule has 1 aliphatic rings. The fourth-order valence-corrected chi connectivity index (χ4v) is 2.85. The summed E-state index contributed by atoms with van der Waals surface area (Å²) in [5.41, 5.74) is 6.87. The Morgan fingerprint density at radius 2 is 2.10 bits per heavy atom. The van der Waals surface area contributed by atoms with E-state index in [1.807, 2.05) is 29.2 Å². The van der Waals surface area contributed by atoms with Gasteiger partial charge in [0.15, 0.2) is 0 Å². The van der Waals surface area contributed by atoms with Gasteiger partial charge in [-0.3, -0.25) is 4.79 Å². The Hall–Kier alpha value is -1.55. The minimum absolute atomic E-state index is 0.240. The number of carbonyl (C=O) groups is 1. The van der Waals surface area contributed by atoms with Crippen molar-refractivity contribution in [3.05, 3.63) is 29.8 Å². The van der Waals surface area contributed by atoms with E-state index >= 15 is 0 Å². The Morgan fingerprint density at radius 3 is 2.65 bits per heavy atom. The Labute approximate surface area is 120 Å². The molecule has 0 aliphatic carbocycles. The maximum atomic E-state index is 12.3. The summed E-state index contributed by atoms with van der Waals surface area (Å²) in [5.74, 6) is 1.55. The second kappa shape index (κ2) is 6.75. The van der Waals surface area contributed by atoms with E-state index in [1.54, 1.807) is 7.11 Å². The molecule has 1 aliphatic heterocycles. The molecule has 2 rings (SSSR count). The van der Waals surface area contributed by atoms with E-state index in [9.17, 15) is 4.79 Å². The second-order valence-corrected chi connectivity index (χ2v) is 5.58. The van der Waals surface area contributed by atoms with Crippen LogP contribution in [0.1, 0.15) is 25.3 Å². The smallest absolute Gasteiger partial charge is 0.223 e. The highest BCUT2D eigenvalue weighted by atomic mass is 16.5. The molecule has 110 valence electrons. The molecule has 1 saturated heterocycles. The lowest BCUT2D eigenvalue weighted by Gasteiger charge is -2.21. The zero-order valence-electron chi connectivity index (χ0n) is 12.3. The first-order chi connectivity index (χ1) is 9.63. The summed E-state index contributed by atoms with van der Waals surface area (Å²) in [6, 6.07) is 8.22. The van der Waals surface area contributed by atoms with Crippen molar-refractivity contribution in [1.82, 2.24) is 4.90 Å². The predicted molar refractivity (Wildman–Crippen MR) is 79.7 cm³/mol. The monoisotopic (exact) mass is 276 g/mol. The third kappa shape index (κ3) is 3.51. The molecule has 1 amide bonds. The molecule has 0 saturated carbocycles. The summed E-state index contributed by atoms with van der Waals surface area (Å²) in [7, 11) is 1.65. The number of nitrogens with zero attached hydrogens (tertiary/aromatic N) is 1. The van der Waals surface area contributed by atoms with Gasteiger partial charge in [0, 0.05) is 19.0 Å². The molecule has 2 N–H and O–H groups in total. The van der Waals surface area contributed by atoms with Crippen molar-refractivity contribution in [3.63, 3.8) is 0 Å². The summed E-state index contributed by atoms with van der Waals surface area (Å²) in [5, 5.41) is 0. The number of aryl methyl sites for hydroxylation is 1. The summed E-state index contributed by atoms with van der Waals surface area (Å²) in [4.78, 5) is 14.3. The van der Waals surface area contributed by atoms with Gasteiger partial charge < -0.3 is 15.4 Å². The van der Waals surface area contributed by atoms with Crippen molar-refractivity contribution in [3.8, 4) is 5.75 Å². The first-order valence-electron chi connectivity index (χ1n) is 7.26. The molecular weight excluding hydrogens is 252 g/mol. The zero-order chi connectivity index (χ0) is 14.5. The molecule has 2 atom stereocenters. The molecule has 0 aromatic heterocycles. The minimum Gasteiger partial charge on any atom is -0.497 e. The van der Waals surface area contributed by atoms with Gasteiger partial charge in [0.2, 0.25) is 5.91 Å². The third-order valence-corrected chi connectivity index (χ3v) is 4.10. The standard InChI is InChI=1S/C16H24N2O2/c1-12-9-14(10-17)11-18(12)16(19)8-5-13-3-6-15(20-2)7-4-13/h3-4,6-7,12,14H,5,8-11,17H2,1-2H3. The molecule has 4 heteroatoms. The summed E-state index contributed by atoms with van der Waals surface area (Å²) >= 11 is 0. The molecule has 0 bridgehead atoms. The lowest BCUT2D eigenvalue weighted by molar-refractivity contribution is -0.131. The SMILES string of the molecule is COc1ccc(CCC(=O)N2CC(CN)CC2C)cc1. The van der Waals surface area contributed by atoms with Gasteiger partial charge >= 0.3 is 0 Å². The maximum Gasteiger partial charge on any atom is 0.223 e. The molecule has 1 fully saturated rings. The van der Waals surface area contributed by atoms with E-state index in [-0.39, 0.29) is 5.91 Å². The van der Waals surface area contributed by atoms with E-state index in [0.29, 0.717) is 24.9 Å². The van der Waals surface area contributed by atoms with Gasteiger partial charge in [-0.05, 0) is 49.9 Å². The number of benzene rings is 1. The Morgan fingerprint density at radius 1 is 1.40 bits per heavy atom. The van der Waals surface area contributed by atoms with Crippen molar-refractivity contribution in [2.45, 2.75) is 32.2 Å². The molecule has 0 radical (unpaired) electrons. The Balaban J connectivity index is 1.85. The van der Waals surface area contributed by atoms with Crippen molar-refractivity contribution < 1.29 is 9.53 Å². The van der Waals surface area contributed by atoms with Gasteiger partial charge in [-0.25, -0.2) is 0 Å². The number of likely N-dealkylation sites (tertiary alicyclic amines) is 1. The summed E-state index contributed by atoms with van der Waals surface area (Å²) < 4.78 is 5.13. The first kappa shape index (κ1) is 14.9. The fourth-order valence-electron chi connectivity index (χ4n) is 2.85. The van der Waals surface area contributed by atoms with Crippen molar-refractivity contribution >= 4 is 5.91 Å². The lowest BCUT2D eigenvalue weighted by atomic mass is 10.1. The van der Waals surface area contributed by atoms with Crippen LogP contribution in [0, 0.1) is 5.92 Å². The van der Waals surface area contributed by atoms with Crippen molar-refractivity contribution in [2.24, 2.45) is 11.7 Å². The van der Waals surface area contributed by atoms with Crippen LogP contribution in [0.2, 0.25) is 0 Å². The van der Waals surface area contributed by atoms with Crippen LogP contribution in [0.3, 0.4) is 0 Å². The highest BCUT2D eigenvalue weighted by molar-refractivity contribution is 5.77. The Bertz CT molecular complexity index is 444. The first-order valence-corrected chi connectivity index (χ1v) is 7.26. The van der Waals surface area contributed by atoms with Crippen LogP contribution in [-0.2, 0) is 11.2 Å². The zero-order valence-corrected chi connectivity index (χ0v) is 12.3. The van der Waals surface area contributed by atoms with E-state index in [2.05, 4.69) is 6.92 Å². The number of methoxy groups -OCH3 is 1. The number of nitrogens with two attached hydrogens (primary N) is 1. The second-order valence-electron chi connectivity index (χ2n) is 5.58. The lowest BCUT2D eigenvalue weighted by Crippen LogP contribution is -2.34. The van der Waals surface area contributed by atoms with Crippen LogP contribution >= 0.6 is 0 Å². The quantitative estimate of drug-likeness (QED) is 0.892. The van der Waals surface area contributed by atoms with E-state index in [1.165, 1.54) is 5.56 Å². The molecule has 2 unspecified atom stereocenters. The van der Waals surface area contributed by atoms with Gasteiger partial charge in [0.25, 0.3) is 0 Å². The molecule has 0 spiro atoms. The molecular formula is C16H24N2O2. The summed E-state index contributed by atoms with van der Waals surface area (Å²) in [6.45, 7) is 3.60. The average molecular weight is 276 g/mol. The van der Waals surface area contributed by atoms with Crippen LogP contribution in [0.25, 0.3) is 0 Å². The highest BCUT2D eigenvalue weighted by Gasteiger charge is 2.30. The largest absolute Gasteiger partial charge is 0.497 e. The van der Waals surface area contributed by atoms with E-state index in [0.717, 1.165) is 25.1 Å². The minimum atomic E-state index is 0.240. The Kier molecular flexibility index (Phi) is 5.01. The van der Waals surface area contributed by atoms with Crippen molar-refractivity contribution in [1.29, 1.82) is 0 Å². The van der Waals surface area contributed by atoms with E-state index in [4.69, 9.17) is 10.5 Å². The van der Waals surface area contributed by atoms with Crippen LogP contribution in [0.4, 0.5) is 0 Å². The molecule has 1 aromatic rings. The van der Waals surface area contributed by atoms with Gasteiger partial charge in [-0.2, -0.15) is 0 Å².